The summed E-state index contributed by atoms with van der Waals surface area (Å²) in [5, 5.41) is 8.61. The molecule has 1 heterocycles. The van der Waals surface area contributed by atoms with Gasteiger partial charge in [-0.05, 0) is 30.7 Å². The maximum atomic E-state index is 11.8. The van der Waals surface area contributed by atoms with E-state index in [9.17, 15) is 9.59 Å². The van der Waals surface area contributed by atoms with Crippen LogP contribution in [0.25, 0.3) is 0 Å². The number of nitrogens with one attached hydrogen (secondary N) is 1. The molecule has 2 aromatic rings. The highest BCUT2D eigenvalue weighted by Crippen LogP contribution is 2.17. The van der Waals surface area contributed by atoms with E-state index in [2.05, 4.69) is 9.97 Å². The van der Waals surface area contributed by atoms with Gasteiger partial charge in [-0.3, -0.25) is 9.59 Å². The van der Waals surface area contributed by atoms with Crippen LogP contribution in [0.1, 0.15) is 17.8 Å². The van der Waals surface area contributed by atoms with E-state index in [0.29, 0.717) is 17.1 Å². The first-order valence-electron chi connectivity index (χ1n) is 6.64. The van der Waals surface area contributed by atoms with Crippen molar-refractivity contribution < 1.29 is 19.4 Å². The van der Waals surface area contributed by atoms with Gasteiger partial charge in [0.2, 0.25) is 0 Å². The molecule has 0 aliphatic heterocycles. The van der Waals surface area contributed by atoms with Crippen LogP contribution in [0.5, 0.6) is 11.5 Å². The second kappa shape index (κ2) is 7.26. The van der Waals surface area contributed by atoms with Crippen molar-refractivity contribution in [3.63, 3.8) is 0 Å². The summed E-state index contributed by atoms with van der Waals surface area (Å²) < 4.78 is 10.5. The summed E-state index contributed by atoms with van der Waals surface area (Å²) >= 11 is 0. The average molecular weight is 304 g/mol. The van der Waals surface area contributed by atoms with Crippen LogP contribution in [0.2, 0.25) is 0 Å². The molecule has 116 valence electrons. The molecule has 0 aliphatic rings. The van der Waals surface area contributed by atoms with Gasteiger partial charge in [-0.25, -0.2) is 4.98 Å². The van der Waals surface area contributed by atoms with Crippen molar-refractivity contribution in [1.29, 1.82) is 0 Å². The summed E-state index contributed by atoms with van der Waals surface area (Å²) in [5.74, 6) is 0.770. The van der Waals surface area contributed by atoms with Crippen LogP contribution in [0.4, 0.5) is 0 Å². The van der Waals surface area contributed by atoms with Gasteiger partial charge in [0.15, 0.2) is 0 Å². The number of aromatic nitrogens is 2. The highest BCUT2D eigenvalue weighted by Gasteiger charge is 2.06. The zero-order valence-electron chi connectivity index (χ0n) is 12.0. The Bertz CT molecular complexity index is 694. The van der Waals surface area contributed by atoms with Gasteiger partial charge >= 0.3 is 5.97 Å². The Kier molecular flexibility index (Phi) is 5.13. The largest absolute Gasteiger partial charge is 0.497 e. The smallest absolute Gasteiger partial charge is 0.303 e. The number of hydrogen-bond donors (Lipinski definition) is 2. The Morgan fingerprint density at radius 1 is 1.27 bits per heavy atom. The van der Waals surface area contributed by atoms with Crippen LogP contribution in [-0.4, -0.2) is 28.2 Å². The minimum absolute atomic E-state index is 0.105. The Morgan fingerprint density at radius 2 is 1.95 bits per heavy atom. The lowest BCUT2D eigenvalue weighted by molar-refractivity contribution is -0.136. The van der Waals surface area contributed by atoms with Gasteiger partial charge in [-0.2, -0.15) is 0 Å². The number of aliphatic carboxylic acids is 1. The maximum Gasteiger partial charge on any atom is 0.303 e. The van der Waals surface area contributed by atoms with Crippen LogP contribution >= 0.6 is 0 Å². The Hall–Kier alpha value is -2.83. The number of carbonyl (C=O) groups is 1. The summed E-state index contributed by atoms with van der Waals surface area (Å²) in [6, 6.07) is 7.03. The van der Waals surface area contributed by atoms with Crippen molar-refractivity contribution >= 4 is 5.97 Å². The van der Waals surface area contributed by atoms with Crippen LogP contribution in [0.15, 0.2) is 35.3 Å². The third-order valence-electron chi connectivity index (χ3n) is 2.97. The number of carboxylic acids is 1. The molecule has 7 nitrogen and oxygen atoms in total. The molecule has 0 unspecified atom stereocenters. The Labute approximate surface area is 126 Å². The molecule has 1 aromatic carbocycles. The average Bonchev–Trinajstić information content (AvgIpc) is 2.52. The first-order valence-corrected chi connectivity index (χ1v) is 6.64. The number of aryl methyl sites for hydroxylation is 1. The van der Waals surface area contributed by atoms with Crippen molar-refractivity contribution in [1.82, 2.24) is 9.97 Å². The predicted octanol–water partition coefficient (Wildman–Crippen LogP) is 1.37. The fourth-order valence-electron chi connectivity index (χ4n) is 1.77. The Balaban J connectivity index is 1.96. The van der Waals surface area contributed by atoms with Crippen LogP contribution in [0.3, 0.4) is 0 Å². The number of rotatable bonds is 7. The summed E-state index contributed by atoms with van der Waals surface area (Å²) in [7, 11) is 1.58. The molecule has 0 fully saturated rings. The molecule has 2 N–H and O–H groups in total. The van der Waals surface area contributed by atoms with Gasteiger partial charge in [0, 0.05) is 18.2 Å². The van der Waals surface area contributed by atoms with Crippen LogP contribution < -0.4 is 15.0 Å². The monoisotopic (exact) mass is 304 g/mol. The number of nitrogens with zero attached hydrogens (tertiary/aromatic N) is 1. The van der Waals surface area contributed by atoms with E-state index in [0.717, 1.165) is 5.75 Å². The molecule has 2 rings (SSSR count). The topological polar surface area (TPSA) is 102 Å². The number of benzene rings is 1. The van der Waals surface area contributed by atoms with Gasteiger partial charge < -0.3 is 19.6 Å². The molecular weight excluding hydrogens is 288 g/mol. The first-order chi connectivity index (χ1) is 10.6. The summed E-state index contributed by atoms with van der Waals surface area (Å²) in [6.07, 6.45) is 1.43. The lowest BCUT2D eigenvalue weighted by Gasteiger charge is -2.07. The van der Waals surface area contributed by atoms with Gasteiger partial charge in [0.25, 0.3) is 5.56 Å². The van der Waals surface area contributed by atoms with E-state index in [-0.39, 0.29) is 25.0 Å². The number of ether oxygens (including phenoxy) is 2. The molecule has 0 saturated carbocycles. The van der Waals surface area contributed by atoms with E-state index in [4.69, 9.17) is 14.6 Å². The van der Waals surface area contributed by atoms with Gasteiger partial charge in [-0.1, -0.05) is 0 Å². The van der Waals surface area contributed by atoms with Gasteiger partial charge in [0.05, 0.1) is 7.11 Å². The summed E-state index contributed by atoms with van der Waals surface area (Å²) in [5.41, 5.74) is 0.000165. The van der Waals surface area contributed by atoms with Crippen LogP contribution in [0, 0.1) is 0 Å². The molecular formula is C15H16N2O5. The van der Waals surface area contributed by atoms with Crippen molar-refractivity contribution in [2.75, 3.05) is 7.11 Å². The third-order valence-corrected chi connectivity index (χ3v) is 2.97. The van der Waals surface area contributed by atoms with Gasteiger partial charge in [0.1, 0.15) is 23.9 Å². The molecule has 0 spiro atoms. The zero-order valence-corrected chi connectivity index (χ0v) is 12.0. The fourth-order valence-corrected chi connectivity index (χ4v) is 1.77. The molecule has 7 heteroatoms. The van der Waals surface area contributed by atoms with E-state index in [1.54, 1.807) is 31.4 Å². The molecule has 0 radical (unpaired) electrons. The maximum absolute atomic E-state index is 11.8. The number of methoxy groups -OCH3 is 1. The normalized spacial score (nSPS) is 10.2. The van der Waals surface area contributed by atoms with Crippen molar-refractivity contribution in [3.05, 3.63) is 52.2 Å². The SMILES string of the molecule is COc1ccc(OCc2ncc(CCC(=O)O)c(=O)[nH]2)cc1. The lowest BCUT2D eigenvalue weighted by atomic mass is 10.2. The standard InChI is InChI=1S/C15H16N2O5/c1-21-11-3-5-12(6-4-11)22-9-13-16-8-10(15(20)17-13)2-7-14(18)19/h3-6,8H,2,7,9H2,1H3,(H,18,19)(H,16,17,20). The quantitative estimate of drug-likeness (QED) is 0.801. The van der Waals surface area contributed by atoms with E-state index in [1.165, 1.54) is 6.20 Å². The number of carboxylic acid groups (broad SMARTS) is 1. The first kappa shape index (κ1) is 15.6. The summed E-state index contributed by atoms with van der Waals surface area (Å²) in [4.78, 5) is 28.9. The second-order valence-electron chi connectivity index (χ2n) is 4.54. The van der Waals surface area contributed by atoms with Crippen molar-refractivity contribution in [2.45, 2.75) is 19.4 Å². The van der Waals surface area contributed by atoms with E-state index < -0.39 is 5.97 Å². The number of aromatic amines is 1. The molecule has 0 amide bonds. The molecule has 0 bridgehead atoms. The van der Waals surface area contributed by atoms with Crippen molar-refractivity contribution in [2.24, 2.45) is 0 Å². The highest BCUT2D eigenvalue weighted by atomic mass is 16.5. The molecule has 0 aliphatic carbocycles. The zero-order chi connectivity index (χ0) is 15.9. The molecule has 0 saturated heterocycles. The fraction of sp³-hybridized carbons (Fsp3) is 0.267. The van der Waals surface area contributed by atoms with Crippen molar-refractivity contribution in [3.8, 4) is 11.5 Å². The molecule has 1 aromatic heterocycles. The minimum Gasteiger partial charge on any atom is -0.497 e. The molecule has 22 heavy (non-hydrogen) atoms. The minimum atomic E-state index is -0.952. The second-order valence-corrected chi connectivity index (χ2v) is 4.54. The highest BCUT2D eigenvalue weighted by molar-refractivity contribution is 5.67. The number of H-pyrrole nitrogens is 1. The van der Waals surface area contributed by atoms with Gasteiger partial charge in [-0.15, -0.1) is 0 Å². The third kappa shape index (κ3) is 4.34. The van der Waals surface area contributed by atoms with E-state index >= 15 is 0 Å². The Morgan fingerprint density at radius 3 is 2.55 bits per heavy atom. The van der Waals surface area contributed by atoms with Crippen LogP contribution in [-0.2, 0) is 17.8 Å². The predicted molar refractivity (Wildman–Crippen MR) is 78.1 cm³/mol. The van der Waals surface area contributed by atoms with E-state index in [1.807, 2.05) is 0 Å². The molecule has 0 atom stereocenters. The lowest BCUT2D eigenvalue weighted by Crippen LogP contribution is -2.18. The number of hydrogen-bond acceptors (Lipinski definition) is 5. The summed E-state index contributed by atoms with van der Waals surface area (Å²) in [6.45, 7) is 0.112.